The van der Waals surface area contributed by atoms with Gasteiger partial charge >= 0.3 is 0 Å². The van der Waals surface area contributed by atoms with Crippen molar-refractivity contribution in [3.8, 4) is 0 Å². The minimum Gasteiger partial charge on any atom is -0.352 e. The third-order valence-corrected chi connectivity index (χ3v) is 8.77. The molecule has 0 radical (unpaired) electrons. The highest BCUT2D eigenvalue weighted by atomic mass is 32.2. The summed E-state index contributed by atoms with van der Waals surface area (Å²) in [5, 5.41) is 3.23. The Balaban J connectivity index is 1.72. The van der Waals surface area contributed by atoms with E-state index in [1.807, 2.05) is 74.5 Å². The lowest BCUT2D eigenvalue weighted by Gasteiger charge is -2.35. The Labute approximate surface area is 244 Å². The molecule has 0 saturated heterocycles. The van der Waals surface area contributed by atoms with Crippen molar-refractivity contribution in [1.29, 1.82) is 0 Å². The molecule has 0 unspecified atom stereocenters. The van der Waals surface area contributed by atoms with Crippen molar-refractivity contribution in [3.05, 3.63) is 101 Å². The third-order valence-electron chi connectivity index (χ3n) is 7.63. The lowest BCUT2D eigenvalue weighted by Crippen LogP contribution is -2.55. The van der Waals surface area contributed by atoms with Crippen LogP contribution in [-0.4, -0.2) is 50.0 Å². The summed E-state index contributed by atoms with van der Waals surface area (Å²) in [6, 6.07) is 23.8. The first-order chi connectivity index (χ1) is 19.6. The minimum atomic E-state index is -3.79. The molecule has 0 heterocycles. The molecule has 1 fully saturated rings. The fraction of sp³-hybridized carbons (Fsp3) is 0.394. The Morgan fingerprint density at radius 1 is 0.854 bits per heavy atom. The van der Waals surface area contributed by atoms with Gasteiger partial charge in [0.25, 0.3) is 0 Å². The van der Waals surface area contributed by atoms with Gasteiger partial charge in [-0.1, -0.05) is 91.6 Å². The molecule has 0 aliphatic heterocycles. The number of rotatable bonds is 11. The average molecular weight is 576 g/mol. The maximum atomic E-state index is 14.2. The molecule has 0 bridgehead atoms. The van der Waals surface area contributed by atoms with Crippen molar-refractivity contribution in [2.45, 2.75) is 71.0 Å². The molecule has 7 nitrogen and oxygen atoms in total. The first-order valence-corrected chi connectivity index (χ1v) is 16.2. The lowest BCUT2D eigenvalue weighted by molar-refractivity contribution is -0.140. The van der Waals surface area contributed by atoms with Crippen molar-refractivity contribution in [2.75, 3.05) is 17.1 Å². The Morgan fingerprint density at radius 2 is 1.49 bits per heavy atom. The predicted molar refractivity (Wildman–Crippen MR) is 164 cm³/mol. The molecule has 1 atom stereocenters. The SMILES string of the molecule is Cc1cccc(CN(C(=O)CN(c2cccc(C)c2)S(C)(=O)=O)[C@H](Cc2ccccc2)C(=O)NC2CCCCC2)c1. The van der Waals surface area contributed by atoms with Gasteiger partial charge in [-0.3, -0.25) is 13.9 Å². The van der Waals surface area contributed by atoms with Crippen LogP contribution in [0.15, 0.2) is 78.9 Å². The summed E-state index contributed by atoms with van der Waals surface area (Å²) in [4.78, 5) is 29.8. The molecule has 1 N–H and O–H groups in total. The fourth-order valence-corrected chi connectivity index (χ4v) is 6.34. The molecule has 1 aliphatic rings. The topological polar surface area (TPSA) is 86.8 Å². The first kappa shape index (κ1) is 30.3. The number of aryl methyl sites for hydroxylation is 2. The van der Waals surface area contributed by atoms with Gasteiger partial charge in [-0.25, -0.2) is 8.42 Å². The highest BCUT2D eigenvalue weighted by Crippen LogP contribution is 2.23. The van der Waals surface area contributed by atoms with E-state index in [9.17, 15) is 18.0 Å². The van der Waals surface area contributed by atoms with Gasteiger partial charge < -0.3 is 10.2 Å². The number of anilines is 1. The van der Waals surface area contributed by atoms with Crippen LogP contribution >= 0.6 is 0 Å². The van der Waals surface area contributed by atoms with E-state index in [2.05, 4.69) is 5.32 Å². The van der Waals surface area contributed by atoms with Crippen LogP contribution in [0.3, 0.4) is 0 Å². The number of carbonyl (C=O) groups is 2. The van der Waals surface area contributed by atoms with Gasteiger partial charge in [-0.15, -0.1) is 0 Å². The summed E-state index contributed by atoms with van der Waals surface area (Å²) < 4.78 is 27.0. The summed E-state index contributed by atoms with van der Waals surface area (Å²) in [6.45, 7) is 3.63. The van der Waals surface area contributed by atoms with Crippen molar-refractivity contribution in [1.82, 2.24) is 10.2 Å². The fourth-order valence-electron chi connectivity index (χ4n) is 5.50. The van der Waals surface area contributed by atoms with Crippen LogP contribution in [0.25, 0.3) is 0 Å². The summed E-state index contributed by atoms with van der Waals surface area (Å²) >= 11 is 0. The van der Waals surface area contributed by atoms with Crippen LogP contribution in [0.4, 0.5) is 5.69 Å². The van der Waals surface area contributed by atoms with E-state index in [4.69, 9.17) is 0 Å². The average Bonchev–Trinajstić information content (AvgIpc) is 2.94. The second-order valence-corrected chi connectivity index (χ2v) is 13.1. The Morgan fingerprint density at radius 3 is 2.12 bits per heavy atom. The van der Waals surface area contributed by atoms with Gasteiger partial charge in [0.15, 0.2) is 0 Å². The quantitative estimate of drug-likeness (QED) is 0.342. The van der Waals surface area contributed by atoms with Gasteiger partial charge in [-0.05, 0) is 55.5 Å². The van der Waals surface area contributed by atoms with Crippen LogP contribution in [0, 0.1) is 13.8 Å². The maximum Gasteiger partial charge on any atom is 0.244 e. The van der Waals surface area contributed by atoms with Crippen LogP contribution in [0.2, 0.25) is 0 Å². The summed E-state index contributed by atoms with van der Waals surface area (Å²) in [5.41, 5.74) is 4.15. The Kier molecular flexibility index (Phi) is 10.2. The molecule has 4 rings (SSSR count). The van der Waals surface area contributed by atoms with Crippen molar-refractivity contribution >= 4 is 27.5 Å². The molecule has 0 aromatic heterocycles. The number of carbonyl (C=O) groups excluding carboxylic acids is 2. The monoisotopic (exact) mass is 575 g/mol. The van der Waals surface area contributed by atoms with E-state index in [1.54, 1.807) is 23.1 Å². The normalized spacial score (nSPS) is 14.7. The molecule has 41 heavy (non-hydrogen) atoms. The number of nitrogens with one attached hydrogen (secondary N) is 1. The number of hydrogen-bond acceptors (Lipinski definition) is 4. The zero-order valence-electron chi connectivity index (χ0n) is 24.3. The molecular formula is C33H41N3O4S. The zero-order chi connectivity index (χ0) is 29.4. The third kappa shape index (κ3) is 8.67. The smallest absolute Gasteiger partial charge is 0.244 e. The predicted octanol–water partition coefficient (Wildman–Crippen LogP) is 5.16. The van der Waals surface area contributed by atoms with Crippen LogP contribution in [0.5, 0.6) is 0 Å². The van der Waals surface area contributed by atoms with E-state index in [0.717, 1.165) is 64.9 Å². The number of nitrogens with zero attached hydrogens (tertiary/aromatic N) is 2. The van der Waals surface area contributed by atoms with Gasteiger partial charge in [0.05, 0.1) is 11.9 Å². The van der Waals surface area contributed by atoms with E-state index in [0.29, 0.717) is 12.1 Å². The zero-order valence-corrected chi connectivity index (χ0v) is 25.1. The lowest BCUT2D eigenvalue weighted by atomic mass is 9.94. The largest absolute Gasteiger partial charge is 0.352 e. The number of hydrogen-bond donors (Lipinski definition) is 1. The second-order valence-electron chi connectivity index (χ2n) is 11.2. The number of amides is 2. The van der Waals surface area contributed by atoms with Crippen molar-refractivity contribution in [3.63, 3.8) is 0 Å². The summed E-state index contributed by atoms with van der Waals surface area (Å²) in [5.74, 6) is -0.638. The van der Waals surface area contributed by atoms with Crippen LogP contribution < -0.4 is 9.62 Å². The Bertz CT molecular complexity index is 1440. The molecular weight excluding hydrogens is 534 g/mol. The molecule has 3 aromatic carbocycles. The molecule has 3 aromatic rings. The molecule has 8 heteroatoms. The Hall–Kier alpha value is -3.65. The molecule has 1 aliphatic carbocycles. The van der Waals surface area contributed by atoms with Crippen molar-refractivity contribution in [2.24, 2.45) is 0 Å². The second kappa shape index (κ2) is 13.8. The van der Waals surface area contributed by atoms with E-state index >= 15 is 0 Å². The highest BCUT2D eigenvalue weighted by molar-refractivity contribution is 7.92. The van der Waals surface area contributed by atoms with Gasteiger partial charge in [-0.2, -0.15) is 0 Å². The highest BCUT2D eigenvalue weighted by Gasteiger charge is 2.34. The van der Waals surface area contributed by atoms with Crippen LogP contribution in [0.1, 0.15) is 54.4 Å². The van der Waals surface area contributed by atoms with Gasteiger partial charge in [0.2, 0.25) is 21.8 Å². The van der Waals surface area contributed by atoms with Crippen molar-refractivity contribution < 1.29 is 18.0 Å². The van der Waals surface area contributed by atoms with Gasteiger partial charge in [0.1, 0.15) is 12.6 Å². The summed E-state index contributed by atoms with van der Waals surface area (Å²) in [6.07, 6.45) is 6.57. The molecule has 0 spiro atoms. The number of benzene rings is 3. The van der Waals surface area contributed by atoms with E-state index in [-0.39, 0.29) is 18.5 Å². The standard InChI is InChI=1S/C33H41N3O4S/c1-25-12-10-16-28(20-25)23-35(32(37)24-36(41(3,39)40)30-19-11-13-26(2)21-30)31(22-27-14-6-4-7-15-27)33(38)34-29-17-8-5-9-18-29/h4,6-7,10-16,19-21,29,31H,5,8-9,17-18,22-24H2,1-3H3,(H,34,38)/t31-/m1/s1. The van der Waals surface area contributed by atoms with E-state index < -0.39 is 28.5 Å². The first-order valence-electron chi connectivity index (χ1n) is 14.3. The molecule has 1 saturated carbocycles. The summed E-state index contributed by atoms with van der Waals surface area (Å²) in [7, 11) is -3.79. The van der Waals surface area contributed by atoms with E-state index in [1.165, 1.54) is 0 Å². The van der Waals surface area contributed by atoms with Gasteiger partial charge in [0, 0.05) is 19.0 Å². The minimum absolute atomic E-state index is 0.0743. The maximum absolute atomic E-state index is 14.2. The number of sulfonamides is 1. The van der Waals surface area contributed by atoms with Crippen LogP contribution in [-0.2, 0) is 32.6 Å². The molecule has 218 valence electrons. The molecule has 2 amide bonds.